The number of methoxy groups -OCH3 is 2. The van der Waals surface area contributed by atoms with E-state index in [0.717, 1.165) is 21.8 Å². The zero-order chi connectivity index (χ0) is 22.3. The summed E-state index contributed by atoms with van der Waals surface area (Å²) in [5, 5.41) is 9.61. The Morgan fingerprint density at radius 2 is 1.57 bits per heavy atom. The van der Waals surface area contributed by atoms with Gasteiger partial charge in [-0.1, -0.05) is 44.2 Å². The molecule has 6 nitrogen and oxygen atoms in total. The van der Waals surface area contributed by atoms with Crippen LogP contribution in [0.25, 0.3) is 10.4 Å². The molecule has 3 aromatic rings. The van der Waals surface area contributed by atoms with E-state index in [2.05, 4.69) is 0 Å². The van der Waals surface area contributed by atoms with Crippen molar-refractivity contribution in [2.75, 3.05) is 26.2 Å². The van der Waals surface area contributed by atoms with Gasteiger partial charge in [0.25, 0.3) is 5.91 Å². The average molecular weight is 428 g/mol. The highest BCUT2D eigenvalue weighted by Crippen LogP contribution is 2.37. The molecular weight excluding hydrogens is 402 g/mol. The third-order valence-electron chi connectivity index (χ3n) is 4.26. The van der Waals surface area contributed by atoms with Gasteiger partial charge in [-0.2, -0.15) is 0 Å². The minimum absolute atomic E-state index is 0.107. The molecule has 0 aliphatic rings. The van der Waals surface area contributed by atoms with Gasteiger partial charge in [0.2, 0.25) is 0 Å². The smallest absolute Gasteiger partial charge is 0.348 e. The highest BCUT2D eigenvalue weighted by Gasteiger charge is 2.24. The second-order valence-corrected chi connectivity index (χ2v) is 6.98. The molecule has 2 aromatic carbocycles. The summed E-state index contributed by atoms with van der Waals surface area (Å²) in [4.78, 5) is 26.9. The normalized spacial score (nSPS) is 9.90. The van der Waals surface area contributed by atoms with Gasteiger partial charge in [-0.25, -0.2) is 4.79 Å². The summed E-state index contributed by atoms with van der Waals surface area (Å²) >= 11 is 1.14. The predicted octanol–water partition coefficient (Wildman–Crippen LogP) is 5.43. The molecule has 1 N–H and O–H groups in total. The van der Waals surface area contributed by atoms with Gasteiger partial charge in [0.05, 0.1) is 19.9 Å². The van der Waals surface area contributed by atoms with Crippen molar-refractivity contribution in [1.82, 2.24) is 0 Å². The fourth-order valence-corrected chi connectivity index (χ4v) is 3.83. The molecule has 0 spiro atoms. The summed E-state index contributed by atoms with van der Waals surface area (Å²) in [6.45, 7) is 4.00. The van der Waals surface area contributed by atoms with Crippen molar-refractivity contribution in [1.29, 1.82) is 0 Å². The van der Waals surface area contributed by atoms with Crippen LogP contribution < -0.4 is 14.4 Å². The number of hydrogen-bond acceptors (Lipinski definition) is 5. The van der Waals surface area contributed by atoms with E-state index in [1.165, 1.54) is 19.1 Å². The molecule has 30 heavy (non-hydrogen) atoms. The van der Waals surface area contributed by atoms with Crippen LogP contribution in [-0.2, 0) is 0 Å². The van der Waals surface area contributed by atoms with Crippen LogP contribution in [0, 0.1) is 0 Å². The maximum atomic E-state index is 13.0. The summed E-state index contributed by atoms with van der Waals surface area (Å²) in [7, 11) is 4.56. The Morgan fingerprint density at radius 1 is 0.933 bits per heavy atom. The monoisotopic (exact) mass is 427 g/mol. The van der Waals surface area contributed by atoms with Crippen molar-refractivity contribution >= 4 is 28.9 Å². The molecule has 0 fully saturated rings. The second-order valence-electron chi connectivity index (χ2n) is 5.93. The molecule has 1 heterocycles. The number of thiophene rings is 1. The van der Waals surface area contributed by atoms with Crippen molar-refractivity contribution in [2.24, 2.45) is 0 Å². The van der Waals surface area contributed by atoms with Gasteiger partial charge in [-0.05, 0) is 29.8 Å². The fraction of sp³-hybridized carbons (Fsp3) is 0.217. The van der Waals surface area contributed by atoms with Crippen LogP contribution >= 0.6 is 11.3 Å². The Labute approximate surface area is 180 Å². The van der Waals surface area contributed by atoms with Gasteiger partial charge in [-0.3, -0.25) is 4.79 Å². The van der Waals surface area contributed by atoms with Crippen LogP contribution in [0.3, 0.4) is 0 Å². The Hall–Kier alpha value is -3.32. The van der Waals surface area contributed by atoms with Gasteiger partial charge in [-0.15, -0.1) is 11.3 Å². The minimum atomic E-state index is -1.07. The van der Waals surface area contributed by atoms with Crippen LogP contribution in [0.4, 0.5) is 5.69 Å². The third kappa shape index (κ3) is 4.80. The summed E-state index contributed by atoms with van der Waals surface area (Å²) in [5.74, 6) is -0.486. The molecule has 0 aliphatic heterocycles. The first kappa shape index (κ1) is 23.0. The maximum Gasteiger partial charge on any atom is 0.348 e. The number of hydrogen-bond donors (Lipinski definition) is 1. The lowest BCUT2D eigenvalue weighted by molar-refractivity contribution is 0.0703. The van der Waals surface area contributed by atoms with E-state index in [-0.39, 0.29) is 10.8 Å². The first-order chi connectivity index (χ1) is 14.5. The van der Waals surface area contributed by atoms with E-state index in [0.29, 0.717) is 22.7 Å². The zero-order valence-corrected chi connectivity index (χ0v) is 18.4. The standard InChI is InChI=1S/C21H19NO5S.C2H6/c1-22(20(23)14-9-10-16(26-2)17(11-14)27-3)15-12-18(28-19(15)21(24)25)13-7-5-4-6-8-13;1-2/h4-12H,1-3H3,(H,24,25);1-2H3. The Balaban J connectivity index is 0.00000155. The largest absolute Gasteiger partial charge is 0.493 e. The van der Waals surface area contributed by atoms with Gasteiger partial charge < -0.3 is 19.5 Å². The predicted molar refractivity (Wildman–Crippen MR) is 120 cm³/mol. The number of ether oxygens (including phenoxy) is 2. The van der Waals surface area contributed by atoms with E-state index in [1.54, 1.807) is 31.3 Å². The lowest BCUT2D eigenvalue weighted by Crippen LogP contribution is -2.27. The van der Waals surface area contributed by atoms with E-state index in [9.17, 15) is 14.7 Å². The Morgan fingerprint density at radius 3 is 2.13 bits per heavy atom. The van der Waals surface area contributed by atoms with Crippen LogP contribution in [0.15, 0.2) is 54.6 Å². The number of benzene rings is 2. The minimum Gasteiger partial charge on any atom is -0.493 e. The van der Waals surface area contributed by atoms with Crippen LogP contribution in [-0.4, -0.2) is 38.3 Å². The molecule has 0 aliphatic carbocycles. The topological polar surface area (TPSA) is 76.1 Å². The van der Waals surface area contributed by atoms with Gasteiger partial charge in [0, 0.05) is 17.5 Å². The first-order valence-electron chi connectivity index (χ1n) is 9.39. The number of carboxylic acid groups (broad SMARTS) is 1. The number of anilines is 1. The number of nitrogens with zero attached hydrogens (tertiary/aromatic N) is 1. The van der Waals surface area contributed by atoms with Gasteiger partial charge in [0.1, 0.15) is 4.88 Å². The molecule has 158 valence electrons. The van der Waals surface area contributed by atoms with E-state index in [4.69, 9.17) is 9.47 Å². The molecule has 1 amide bonds. The number of carbonyl (C=O) groups is 2. The third-order valence-corrected chi connectivity index (χ3v) is 5.42. The molecular formula is C23H25NO5S. The highest BCUT2D eigenvalue weighted by atomic mass is 32.1. The molecule has 0 bridgehead atoms. The number of aromatic carboxylic acids is 1. The number of carbonyl (C=O) groups excluding carboxylic acids is 1. The van der Waals surface area contributed by atoms with E-state index < -0.39 is 5.97 Å². The lowest BCUT2D eigenvalue weighted by Gasteiger charge is -2.18. The number of rotatable bonds is 6. The van der Waals surface area contributed by atoms with Crippen molar-refractivity contribution in [2.45, 2.75) is 13.8 Å². The average Bonchev–Trinajstić information content (AvgIpc) is 3.25. The van der Waals surface area contributed by atoms with Gasteiger partial charge in [0.15, 0.2) is 11.5 Å². The SMILES string of the molecule is CC.COc1ccc(C(=O)N(C)c2cc(-c3ccccc3)sc2C(=O)O)cc1OC. The van der Waals surface area contributed by atoms with Crippen LogP contribution in [0.2, 0.25) is 0 Å². The van der Waals surface area contributed by atoms with Crippen LogP contribution in [0.1, 0.15) is 33.9 Å². The Kier molecular flexibility index (Phi) is 8.00. The number of amides is 1. The summed E-state index contributed by atoms with van der Waals surface area (Å²) < 4.78 is 10.4. The summed E-state index contributed by atoms with van der Waals surface area (Å²) in [5.41, 5.74) is 1.60. The summed E-state index contributed by atoms with van der Waals surface area (Å²) in [6, 6.07) is 16.0. The van der Waals surface area contributed by atoms with Crippen molar-refractivity contribution in [3.63, 3.8) is 0 Å². The van der Waals surface area contributed by atoms with Crippen molar-refractivity contribution in [3.05, 3.63) is 65.0 Å². The molecule has 0 saturated heterocycles. The Bertz CT molecular complexity index is 1010. The molecule has 7 heteroatoms. The van der Waals surface area contributed by atoms with Gasteiger partial charge >= 0.3 is 5.97 Å². The fourth-order valence-electron chi connectivity index (χ4n) is 2.80. The molecule has 0 atom stereocenters. The molecule has 0 saturated carbocycles. The first-order valence-corrected chi connectivity index (χ1v) is 10.2. The van der Waals surface area contributed by atoms with Crippen molar-refractivity contribution in [3.8, 4) is 21.9 Å². The van der Waals surface area contributed by atoms with Crippen LogP contribution in [0.5, 0.6) is 11.5 Å². The molecule has 1 aromatic heterocycles. The van der Waals surface area contributed by atoms with E-state index in [1.807, 2.05) is 44.2 Å². The maximum absolute atomic E-state index is 13.0. The van der Waals surface area contributed by atoms with Crippen molar-refractivity contribution < 1.29 is 24.2 Å². The lowest BCUT2D eigenvalue weighted by atomic mass is 10.1. The zero-order valence-electron chi connectivity index (χ0n) is 17.6. The molecule has 3 rings (SSSR count). The second kappa shape index (κ2) is 10.5. The number of carboxylic acids is 1. The highest BCUT2D eigenvalue weighted by molar-refractivity contribution is 7.18. The molecule has 0 unspecified atom stereocenters. The summed E-state index contributed by atoms with van der Waals surface area (Å²) in [6.07, 6.45) is 0. The quantitative estimate of drug-likeness (QED) is 0.567. The molecule has 0 radical (unpaired) electrons. The van der Waals surface area contributed by atoms with E-state index >= 15 is 0 Å².